The first-order chi connectivity index (χ1) is 9.15. The summed E-state index contributed by atoms with van der Waals surface area (Å²) in [5.41, 5.74) is 1.24. The average molecular weight is 328 g/mol. The molecule has 3 unspecified atom stereocenters. The number of methoxy groups -OCH3 is 1. The molecular formula is C15H22BrNO2. The molecule has 0 saturated carbocycles. The van der Waals surface area contributed by atoms with Gasteiger partial charge in [-0.25, -0.2) is 0 Å². The number of halogens is 1. The Kier molecular flexibility index (Phi) is 5.25. The molecule has 1 aliphatic rings. The number of benzene rings is 1. The third kappa shape index (κ3) is 3.50. The van der Waals surface area contributed by atoms with Crippen molar-refractivity contribution in [3.8, 4) is 5.75 Å². The molecule has 3 nitrogen and oxygen atoms in total. The molecule has 1 saturated heterocycles. The molecule has 0 radical (unpaired) electrons. The van der Waals surface area contributed by atoms with Gasteiger partial charge >= 0.3 is 0 Å². The summed E-state index contributed by atoms with van der Waals surface area (Å²) in [4.78, 5) is 0. The van der Waals surface area contributed by atoms with Gasteiger partial charge in [0.05, 0.1) is 25.4 Å². The SMILES string of the molecule is CCNC(c1ccc(OC)cc1Br)C1CCC(C)O1. The maximum Gasteiger partial charge on any atom is 0.120 e. The van der Waals surface area contributed by atoms with Crippen molar-refractivity contribution in [1.82, 2.24) is 5.32 Å². The van der Waals surface area contributed by atoms with Crippen LogP contribution in [0.4, 0.5) is 0 Å². The fourth-order valence-corrected chi connectivity index (χ4v) is 3.23. The molecule has 2 rings (SSSR count). The Hall–Kier alpha value is -0.580. The van der Waals surface area contributed by atoms with E-state index in [1.807, 2.05) is 12.1 Å². The number of nitrogens with one attached hydrogen (secondary N) is 1. The van der Waals surface area contributed by atoms with E-state index in [1.54, 1.807) is 7.11 Å². The molecule has 1 aromatic rings. The molecule has 1 aliphatic heterocycles. The first-order valence-electron chi connectivity index (χ1n) is 6.88. The summed E-state index contributed by atoms with van der Waals surface area (Å²) in [6.45, 7) is 5.20. The Morgan fingerprint density at radius 1 is 1.47 bits per heavy atom. The van der Waals surface area contributed by atoms with Crippen LogP contribution in [0.15, 0.2) is 22.7 Å². The van der Waals surface area contributed by atoms with Gasteiger partial charge < -0.3 is 14.8 Å². The zero-order valence-corrected chi connectivity index (χ0v) is 13.4. The van der Waals surface area contributed by atoms with E-state index in [0.29, 0.717) is 6.10 Å². The smallest absolute Gasteiger partial charge is 0.120 e. The van der Waals surface area contributed by atoms with Crippen molar-refractivity contribution in [2.45, 2.75) is 44.9 Å². The highest BCUT2D eigenvalue weighted by molar-refractivity contribution is 9.10. The molecule has 3 atom stereocenters. The Bertz CT molecular complexity index is 425. The molecule has 106 valence electrons. The predicted molar refractivity (Wildman–Crippen MR) is 80.7 cm³/mol. The molecule has 0 amide bonds. The summed E-state index contributed by atoms with van der Waals surface area (Å²) in [5.74, 6) is 0.867. The molecular weight excluding hydrogens is 306 g/mol. The number of ether oxygens (including phenoxy) is 2. The normalized spacial score (nSPS) is 24.4. The van der Waals surface area contributed by atoms with Crippen molar-refractivity contribution >= 4 is 15.9 Å². The van der Waals surface area contributed by atoms with Crippen molar-refractivity contribution in [2.24, 2.45) is 0 Å². The first-order valence-corrected chi connectivity index (χ1v) is 7.67. The Morgan fingerprint density at radius 3 is 2.79 bits per heavy atom. The predicted octanol–water partition coefficient (Wildman–Crippen LogP) is 3.68. The van der Waals surface area contributed by atoms with Gasteiger partial charge in [-0.3, -0.25) is 0 Å². The second kappa shape index (κ2) is 6.73. The van der Waals surface area contributed by atoms with Crippen molar-refractivity contribution in [2.75, 3.05) is 13.7 Å². The quantitative estimate of drug-likeness (QED) is 0.894. The van der Waals surface area contributed by atoms with Gasteiger partial charge in [0.25, 0.3) is 0 Å². The van der Waals surface area contributed by atoms with Crippen LogP contribution < -0.4 is 10.1 Å². The zero-order chi connectivity index (χ0) is 13.8. The third-order valence-electron chi connectivity index (χ3n) is 3.60. The molecule has 4 heteroatoms. The minimum atomic E-state index is 0.232. The lowest BCUT2D eigenvalue weighted by molar-refractivity contribution is 0.0318. The Labute approximate surface area is 123 Å². The van der Waals surface area contributed by atoms with E-state index in [4.69, 9.17) is 9.47 Å². The first kappa shape index (κ1) is 14.8. The highest BCUT2D eigenvalue weighted by Crippen LogP contribution is 2.35. The number of likely N-dealkylation sites (N-methyl/N-ethyl adjacent to an activating group) is 1. The van der Waals surface area contributed by atoms with E-state index >= 15 is 0 Å². The molecule has 1 N–H and O–H groups in total. The average Bonchev–Trinajstić information content (AvgIpc) is 2.83. The van der Waals surface area contributed by atoms with Gasteiger partial charge in [-0.2, -0.15) is 0 Å². The third-order valence-corrected chi connectivity index (χ3v) is 4.29. The van der Waals surface area contributed by atoms with Crippen molar-refractivity contribution in [3.63, 3.8) is 0 Å². The van der Waals surface area contributed by atoms with Crippen molar-refractivity contribution < 1.29 is 9.47 Å². The van der Waals surface area contributed by atoms with Gasteiger partial charge in [-0.1, -0.05) is 28.9 Å². The molecule has 1 aromatic carbocycles. The molecule has 0 spiro atoms. The molecule has 19 heavy (non-hydrogen) atoms. The summed E-state index contributed by atoms with van der Waals surface area (Å²) < 4.78 is 12.3. The lowest BCUT2D eigenvalue weighted by Crippen LogP contribution is -2.32. The fraction of sp³-hybridized carbons (Fsp3) is 0.600. The standard InChI is InChI=1S/C15H22BrNO2/c1-4-17-15(14-8-5-10(2)19-14)12-7-6-11(18-3)9-13(12)16/h6-7,9-10,14-15,17H,4-5,8H2,1-3H3. The lowest BCUT2D eigenvalue weighted by atomic mass is 9.99. The number of rotatable bonds is 5. The molecule has 0 aromatic heterocycles. The van der Waals surface area contributed by atoms with Gasteiger partial charge in [0.15, 0.2) is 0 Å². The van der Waals surface area contributed by atoms with E-state index in [-0.39, 0.29) is 12.1 Å². The fourth-order valence-electron chi connectivity index (χ4n) is 2.63. The van der Waals surface area contributed by atoms with Gasteiger partial charge in [0.2, 0.25) is 0 Å². The summed E-state index contributed by atoms with van der Waals surface area (Å²) in [6.07, 6.45) is 2.86. The van der Waals surface area contributed by atoms with Gasteiger partial charge in [-0.05, 0) is 44.0 Å². The topological polar surface area (TPSA) is 30.5 Å². The Morgan fingerprint density at radius 2 is 2.26 bits per heavy atom. The van der Waals surface area contributed by atoms with Gasteiger partial charge in [0, 0.05) is 4.47 Å². The summed E-state index contributed by atoms with van der Waals surface area (Å²) >= 11 is 3.65. The van der Waals surface area contributed by atoms with Gasteiger partial charge in [0.1, 0.15) is 5.75 Å². The number of hydrogen-bond donors (Lipinski definition) is 1. The van der Waals surface area contributed by atoms with Crippen LogP contribution in [-0.2, 0) is 4.74 Å². The van der Waals surface area contributed by atoms with E-state index < -0.39 is 0 Å². The van der Waals surface area contributed by atoms with Crippen LogP contribution in [0.3, 0.4) is 0 Å². The van der Waals surface area contributed by atoms with Crippen LogP contribution in [0.5, 0.6) is 5.75 Å². The monoisotopic (exact) mass is 327 g/mol. The summed E-state index contributed by atoms with van der Waals surface area (Å²) in [6, 6.07) is 6.36. The summed E-state index contributed by atoms with van der Waals surface area (Å²) in [7, 11) is 1.69. The molecule has 1 fully saturated rings. The van der Waals surface area contributed by atoms with Crippen LogP contribution in [0, 0.1) is 0 Å². The maximum absolute atomic E-state index is 6.03. The minimum absolute atomic E-state index is 0.232. The van der Waals surface area contributed by atoms with E-state index in [9.17, 15) is 0 Å². The Balaban J connectivity index is 2.23. The van der Waals surface area contributed by atoms with E-state index in [2.05, 4.69) is 41.2 Å². The highest BCUT2D eigenvalue weighted by atomic mass is 79.9. The molecule has 0 aliphatic carbocycles. The second-order valence-electron chi connectivity index (χ2n) is 4.99. The highest BCUT2D eigenvalue weighted by Gasteiger charge is 2.31. The van der Waals surface area contributed by atoms with Crippen LogP contribution >= 0.6 is 15.9 Å². The second-order valence-corrected chi connectivity index (χ2v) is 5.84. The van der Waals surface area contributed by atoms with Crippen LogP contribution in [0.25, 0.3) is 0 Å². The molecule has 1 heterocycles. The minimum Gasteiger partial charge on any atom is -0.497 e. The molecule has 0 bridgehead atoms. The maximum atomic E-state index is 6.03. The van der Waals surface area contributed by atoms with Crippen LogP contribution in [-0.4, -0.2) is 25.9 Å². The van der Waals surface area contributed by atoms with E-state index in [1.165, 1.54) is 5.56 Å². The van der Waals surface area contributed by atoms with Crippen LogP contribution in [0.2, 0.25) is 0 Å². The zero-order valence-electron chi connectivity index (χ0n) is 11.8. The van der Waals surface area contributed by atoms with Crippen LogP contribution in [0.1, 0.15) is 38.3 Å². The van der Waals surface area contributed by atoms with Gasteiger partial charge in [-0.15, -0.1) is 0 Å². The number of hydrogen-bond acceptors (Lipinski definition) is 3. The van der Waals surface area contributed by atoms with E-state index in [0.717, 1.165) is 29.6 Å². The summed E-state index contributed by atoms with van der Waals surface area (Å²) in [5, 5.41) is 3.54. The largest absolute Gasteiger partial charge is 0.497 e. The van der Waals surface area contributed by atoms with Crippen molar-refractivity contribution in [3.05, 3.63) is 28.2 Å². The van der Waals surface area contributed by atoms with Crippen molar-refractivity contribution in [1.29, 1.82) is 0 Å². The lowest BCUT2D eigenvalue weighted by Gasteiger charge is -2.26.